The fraction of sp³-hybridized carbons (Fsp3) is 0.333. The molecule has 1 aliphatic rings. The van der Waals surface area contributed by atoms with Crippen LogP contribution in [-0.4, -0.2) is 43.8 Å². The molecular weight excluding hydrogens is 416 g/mol. The average molecular weight is 445 g/mol. The second kappa shape index (κ2) is 9.41. The van der Waals surface area contributed by atoms with Crippen LogP contribution in [0.25, 0.3) is 16.9 Å². The zero-order chi connectivity index (χ0) is 22.6. The molecule has 1 aromatic carbocycles. The lowest BCUT2D eigenvalue weighted by atomic mass is 9.92. The molecule has 1 aliphatic carbocycles. The number of hydrogen-bond acceptors (Lipinski definition) is 8. The molecule has 170 valence electrons. The fourth-order valence-electron chi connectivity index (χ4n) is 4.13. The largest absolute Gasteiger partial charge is 0.497 e. The topological polar surface area (TPSA) is 115 Å². The minimum atomic E-state index is 0.326. The van der Waals surface area contributed by atoms with Crippen LogP contribution in [0.2, 0.25) is 0 Å². The van der Waals surface area contributed by atoms with Crippen molar-refractivity contribution in [3.05, 3.63) is 60.6 Å². The van der Waals surface area contributed by atoms with Crippen molar-refractivity contribution in [2.24, 2.45) is 5.73 Å². The van der Waals surface area contributed by atoms with Crippen LogP contribution in [0.15, 0.2) is 55.0 Å². The van der Waals surface area contributed by atoms with E-state index in [1.165, 1.54) is 0 Å². The molecule has 0 unspecified atom stereocenters. The molecule has 33 heavy (non-hydrogen) atoms. The smallest absolute Gasteiger partial charge is 0.222 e. The lowest BCUT2D eigenvalue weighted by Gasteiger charge is -2.27. The van der Waals surface area contributed by atoms with Gasteiger partial charge < -0.3 is 21.1 Å². The summed E-state index contributed by atoms with van der Waals surface area (Å²) in [5.74, 6) is 2.22. The van der Waals surface area contributed by atoms with E-state index in [0.29, 0.717) is 24.6 Å². The van der Waals surface area contributed by atoms with Gasteiger partial charge in [-0.05, 0) is 55.5 Å². The zero-order valence-corrected chi connectivity index (χ0v) is 18.6. The standard InChI is InChI=1S/C24H28N8O/c1-33-20-4-2-3-16(11-20)12-27-24-28-13-17(14-29-24)21-15-26-23-10-9-22(31-32(21)23)30-19-7-5-18(25)6-8-19/h2-4,9-11,13-15,18-19H,5-8,12,25H2,1H3,(H,30,31)(H,27,28,29)/t18-,19-. The Bertz CT molecular complexity index is 1210. The summed E-state index contributed by atoms with van der Waals surface area (Å²) in [4.78, 5) is 13.4. The van der Waals surface area contributed by atoms with Crippen molar-refractivity contribution in [3.8, 4) is 17.0 Å². The van der Waals surface area contributed by atoms with Gasteiger partial charge in [-0.15, -0.1) is 5.10 Å². The molecule has 3 heterocycles. The van der Waals surface area contributed by atoms with Crippen molar-refractivity contribution >= 4 is 17.4 Å². The SMILES string of the molecule is COc1cccc(CNc2ncc(-c3cnc4ccc(N[C@H]5CC[C@H](N)CC5)nn34)cn2)c1. The highest BCUT2D eigenvalue weighted by Crippen LogP contribution is 2.23. The monoisotopic (exact) mass is 444 g/mol. The number of rotatable bonds is 7. The Hall–Kier alpha value is -3.72. The van der Waals surface area contributed by atoms with Gasteiger partial charge in [-0.3, -0.25) is 0 Å². The van der Waals surface area contributed by atoms with Gasteiger partial charge in [-0.1, -0.05) is 12.1 Å². The highest BCUT2D eigenvalue weighted by Gasteiger charge is 2.19. The summed E-state index contributed by atoms with van der Waals surface area (Å²) >= 11 is 0. The van der Waals surface area contributed by atoms with Crippen LogP contribution in [-0.2, 0) is 6.54 Å². The van der Waals surface area contributed by atoms with Gasteiger partial charge in [0.1, 0.15) is 11.6 Å². The van der Waals surface area contributed by atoms with Gasteiger partial charge in [0.2, 0.25) is 5.95 Å². The summed E-state index contributed by atoms with van der Waals surface area (Å²) < 4.78 is 7.10. The van der Waals surface area contributed by atoms with Crippen LogP contribution in [0, 0.1) is 0 Å². The van der Waals surface area contributed by atoms with Crippen LogP contribution >= 0.6 is 0 Å². The normalized spacial score (nSPS) is 18.2. The summed E-state index contributed by atoms with van der Waals surface area (Å²) in [7, 11) is 1.66. The zero-order valence-electron chi connectivity index (χ0n) is 18.6. The summed E-state index contributed by atoms with van der Waals surface area (Å²) in [5.41, 5.74) is 9.59. The molecule has 1 saturated carbocycles. The molecule has 4 N–H and O–H groups in total. The van der Waals surface area contributed by atoms with E-state index in [-0.39, 0.29) is 0 Å². The van der Waals surface area contributed by atoms with E-state index >= 15 is 0 Å². The van der Waals surface area contributed by atoms with E-state index in [0.717, 1.165) is 59.7 Å². The van der Waals surface area contributed by atoms with Gasteiger partial charge in [-0.2, -0.15) is 0 Å². The summed E-state index contributed by atoms with van der Waals surface area (Å²) in [6.45, 7) is 0.606. The maximum absolute atomic E-state index is 6.03. The van der Waals surface area contributed by atoms with Gasteiger partial charge >= 0.3 is 0 Å². The third-order valence-corrected chi connectivity index (χ3v) is 6.02. The Morgan fingerprint density at radius 2 is 1.85 bits per heavy atom. The van der Waals surface area contributed by atoms with Gasteiger partial charge in [0.25, 0.3) is 0 Å². The summed E-state index contributed by atoms with van der Waals surface area (Å²) in [5, 5.41) is 11.6. The predicted molar refractivity (Wildman–Crippen MR) is 128 cm³/mol. The Kier molecular flexibility index (Phi) is 6.03. The van der Waals surface area contributed by atoms with Gasteiger partial charge in [0.15, 0.2) is 5.65 Å². The minimum Gasteiger partial charge on any atom is -0.497 e. The first kappa shape index (κ1) is 21.1. The second-order valence-corrected chi connectivity index (χ2v) is 8.39. The molecule has 0 aliphatic heterocycles. The van der Waals surface area contributed by atoms with E-state index in [9.17, 15) is 0 Å². The lowest BCUT2D eigenvalue weighted by Crippen LogP contribution is -2.33. The van der Waals surface area contributed by atoms with E-state index < -0.39 is 0 Å². The number of anilines is 2. The summed E-state index contributed by atoms with van der Waals surface area (Å²) in [6.07, 6.45) is 9.60. The number of fused-ring (bicyclic) bond motifs is 1. The van der Waals surface area contributed by atoms with Crippen LogP contribution in [0.1, 0.15) is 31.2 Å². The molecule has 0 bridgehead atoms. The third-order valence-electron chi connectivity index (χ3n) is 6.02. The number of methoxy groups -OCH3 is 1. The molecule has 0 spiro atoms. The number of benzene rings is 1. The average Bonchev–Trinajstić information content (AvgIpc) is 3.28. The molecule has 9 heteroatoms. The van der Waals surface area contributed by atoms with Crippen LogP contribution in [0.3, 0.4) is 0 Å². The number of ether oxygens (including phenoxy) is 1. The van der Waals surface area contributed by atoms with Crippen molar-refractivity contribution in [2.75, 3.05) is 17.7 Å². The van der Waals surface area contributed by atoms with Crippen LogP contribution in [0.4, 0.5) is 11.8 Å². The predicted octanol–water partition coefficient (Wildman–Crippen LogP) is 3.49. The van der Waals surface area contributed by atoms with E-state index in [1.807, 2.05) is 40.9 Å². The molecule has 0 saturated heterocycles. The maximum Gasteiger partial charge on any atom is 0.222 e. The number of hydrogen-bond donors (Lipinski definition) is 3. The van der Waals surface area contributed by atoms with Gasteiger partial charge in [0, 0.05) is 36.6 Å². The molecule has 1 fully saturated rings. The molecule has 0 radical (unpaired) electrons. The lowest BCUT2D eigenvalue weighted by molar-refractivity contribution is 0.410. The quantitative estimate of drug-likeness (QED) is 0.397. The summed E-state index contributed by atoms with van der Waals surface area (Å²) in [6, 6.07) is 12.6. The van der Waals surface area contributed by atoms with Crippen LogP contribution in [0.5, 0.6) is 5.75 Å². The van der Waals surface area contributed by atoms with Crippen molar-refractivity contribution < 1.29 is 4.74 Å². The maximum atomic E-state index is 6.03. The molecule has 5 rings (SSSR count). The highest BCUT2D eigenvalue weighted by atomic mass is 16.5. The van der Waals surface area contributed by atoms with E-state index in [4.69, 9.17) is 15.6 Å². The Balaban J connectivity index is 1.29. The van der Waals surface area contributed by atoms with E-state index in [1.54, 1.807) is 25.7 Å². The Labute approximate surface area is 192 Å². The number of nitrogens with one attached hydrogen (secondary N) is 2. The first-order chi connectivity index (χ1) is 16.2. The van der Waals surface area contributed by atoms with Crippen molar-refractivity contribution in [3.63, 3.8) is 0 Å². The second-order valence-electron chi connectivity index (χ2n) is 8.39. The number of aromatic nitrogens is 5. The fourth-order valence-corrected chi connectivity index (χ4v) is 4.13. The van der Waals surface area contributed by atoms with Gasteiger partial charge in [-0.25, -0.2) is 19.5 Å². The number of nitrogens with two attached hydrogens (primary N) is 1. The first-order valence-electron chi connectivity index (χ1n) is 11.2. The third kappa shape index (κ3) is 4.88. The molecule has 0 amide bonds. The molecule has 9 nitrogen and oxygen atoms in total. The number of imidazole rings is 1. The van der Waals surface area contributed by atoms with Gasteiger partial charge in [0.05, 0.1) is 19.0 Å². The van der Waals surface area contributed by atoms with Crippen LogP contribution < -0.4 is 21.1 Å². The number of nitrogens with zero attached hydrogens (tertiary/aromatic N) is 5. The molecule has 3 aromatic heterocycles. The van der Waals surface area contributed by atoms with Crippen molar-refractivity contribution in [1.29, 1.82) is 0 Å². The van der Waals surface area contributed by atoms with E-state index in [2.05, 4.69) is 25.6 Å². The molecule has 0 atom stereocenters. The Morgan fingerprint density at radius 3 is 2.64 bits per heavy atom. The van der Waals surface area contributed by atoms with Crippen molar-refractivity contribution in [2.45, 2.75) is 44.3 Å². The van der Waals surface area contributed by atoms with Crippen molar-refractivity contribution in [1.82, 2.24) is 24.6 Å². The molecule has 4 aromatic rings. The highest BCUT2D eigenvalue weighted by molar-refractivity contribution is 5.62. The first-order valence-corrected chi connectivity index (χ1v) is 11.2. The molecular formula is C24H28N8O. The Morgan fingerprint density at radius 1 is 1.03 bits per heavy atom. The minimum absolute atomic E-state index is 0.326.